The number of imide groups is 1. The van der Waals surface area contributed by atoms with Crippen LogP contribution in [-0.2, 0) is 0 Å². The minimum atomic E-state index is -0.598. The first-order valence-corrected chi connectivity index (χ1v) is 8.16. The van der Waals surface area contributed by atoms with E-state index in [-0.39, 0.29) is 22.9 Å². The molecule has 0 unspecified atom stereocenters. The van der Waals surface area contributed by atoms with E-state index in [1.165, 1.54) is 42.4 Å². The summed E-state index contributed by atoms with van der Waals surface area (Å²) in [5, 5.41) is 11.1. The van der Waals surface area contributed by atoms with Crippen LogP contribution in [0.15, 0.2) is 18.2 Å². The van der Waals surface area contributed by atoms with E-state index in [0.717, 1.165) is 19.3 Å². The predicted molar refractivity (Wildman–Crippen MR) is 84.3 cm³/mol. The van der Waals surface area contributed by atoms with Crippen molar-refractivity contribution in [2.24, 2.45) is 5.92 Å². The molecule has 1 aromatic carbocycles. The van der Waals surface area contributed by atoms with E-state index in [4.69, 9.17) is 0 Å². The fourth-order valence-electron chi connectivity index (χ4n) is 3.85. The third kappa shape index (κ3) is 2.73. The van der Waals surface area contributed by atoms with Crippen molar-refractivity contribution in [3.05, 3.63) is 39.4 Å². The summed E-state index contributed by atoms with van der Waals surface area (Å²) in [4.78, 5) is 36.9. The second-order valence-corrected chi connectivity index (χ2v) is 6.53. The standard InChI is InChI=1S/C17H20N2O4/c1-11(10-12-6-3-2-4-7-12)18-16(20)13-8-5-9-14(19(22)23)15(13)17(18)21/h5,8-9,11-12H,2-4,6-7,10H2,1H3/t11-/m0/s1. The summed E-state index contributed by atoms with van der Waals surface area (Å²) in [6.07, 6.45) is 6.70. The molecule has 0 bridgehead atoms. The smallest absolute Gasteiger partial charge is 0.271 e. The Bertz CT molecular complexity index is 665. The monoisotopic (exact) mass is 316 g/mol. The zero-order valence-corrected chi connectivity index (χ0v) is 13.2. The topological polar surface area (TPSA) is 80.5 Å². The van der Waals surface area contributed by atoms with Gasteiger partial charge in [0, 0.05) is 12.1 Å². The molecule has 1 aliphatic carbocycles. The molecule has 2 aliphatic rings. The molecule has 122 valence electrons. The highest BCUT2D eigenvalue weighted by Crippen LogP contribution is 2.34. The minimum absolute atomic E-state index is 0.0574. The highest BCUT2D eigenvalue weighted by Gasteiger charge is 2.43. The lowest BCUT2D eigenvalue weighted by atomic mass is 9.85. The molecule has 1 aromatic rings. The van der Waals surface area contributed by atoms with Crippen LogP contribution >= 0.6 is 0 Å². The molecule has 0 saturated heterocycles. The Kier molecular flexibility index (Phi) is 4.15. The average molecular weight is 316 g/mol. The van der Waals surface area contributed by atoms with Crippen LogP contribution in [-0.4, -0.2) is 27.7 Å². The van der Waals surface area contributed by atoms with Crippen molar-refractivity contribution in [1.29, 1.82) is 0 Å². The third-order valence-electron chi connectivity index (χ3n) is 4.96. The molecule has 1 aliphatic heterocycles. The van der Waals surface area contributed by atoms with Gasteiger partial charge in [-0.2, -0.15) is 0 Å². The Hall–Kier alpha value is -2.24. The zero-order chi connectivity index (χ0) is 16.6. The van der Waals surface area contributed by atoms with Gasteiger partial charge in [-0.1, -0.05) is 38.2 Å². The van der Waals surface area contributed by atoms with Gasteiger partial charge in [0.05, 0.1) is 10.5 Å². The Balaban J connectivity index is 1.85. The quantitative estimate of drug-likeness (QED) is 0.483. The predicted octanol–water partition coefficient (Wildman–Crippen LogP) is 3.55. The molecule has 0 radical (unpaired) electrons. The molecule has 1 heterocycles. The van der Waals surface area contributed by atoms with Crippen LogP contribution in [0.2, 0.25) is 0 Å². The number of hydrogen-bond donors (Lipinski definition) is 0. The van der Waals surface area contributed by atoms with E-state index in [9.17, 15) is 19.7 Å². The van der Waals surface area contributed by atoms with Gasteiger partial charge in [0.1, 0.15) is 5.56 Å². The van der Waals surface area contributed by atoms with E-state index in [2.05, 4.69) is 0 Å². The van der Waals surface area contributed by atoms with Gasteiger partial charge in [-0.25, -0.2) is 0 Å². The second kappa shape index (κ2) is 6.10. The van der Waals surface area contributed by atoms with Gasteiger partial charge in [0.2, 0.25) is 0 Å². The molecule has 1 atom stereocenters. The molecular formula is C17H20N2O4. The molecule has 3 rings (SSSR count). The number of carbonyl (C=O) groups is 2. The minimum Gasteiger partial charge on any atom is -0.271 e. The molecule has 6 heteroatoms. The van der Waals surface area contributed by atoms with Crippen molar-refractivity contribution in [3.8, 4) is 0 Å². The van der Waals surface area contributed by atoms with Gasteiger partial charge in [0.25, 0.3) is 17.5 Å². The van der Waals surface area contributed by atoms with E-state index in [1.54, 1.807) is 0 Å². The Labute approximate surface area is 134 Å². The first kappa shape index (κ1) is 15.6. The summed E-state index contributed by atoms with van der Waals surface area (Å²) in [7, 11) is 0. The summed E-state index contributed by atoms with van der Waals surface area (Å²) in [5.41, 5.74) is -0.189. The highest BCUT2D eigenvalue weighted by atomic mass is 16.6. The lowest BCUT2D eigenvalue weighted by Crippen LogP contribution is -2.39. The molecule has 1 saturated carbocycles. The maximum Gasteiger partial charge on any atom is 0.282 e. The largest absolute Gasteiger partial charge is 0.282 e. The van der Waals surface area contributed by atoms with Crippen LogP contribution in [0.4, 0.5) is 5.69 Å². The SMILES string of the molecule is C[C@@H](CC1CCCCC1)N1C(=O)c2cccc([N+](=O)[O-])c2C1=O. The molecule has 2 amide bonds. The lowest BCUT2D eigenvalue weighted by Gasteiger charge is -2.29. The van der Waals surface area contributed by atoms with E-state index >= 15 is 0 Å². The first-order valence-electron chi connectivity index (χ1n) is 8.16. The van der Waals surface area contributed by atoms with E-state index in [1.807, 2.05) is 6.92 Å². The summed E-state index contributed by atoms with van der Waals surface area (Å²) in [6, 6.07) is 4.00. The zero-order valence-electron chi connectivity index (χ0n) is 13.2. The summed E-state index contributed by atoms with van der Waals surface area (Å²) >= 11 is 0. The number of rotatable bonds is 4. The number of carbonyl (C=O) groups excluding carboxylic acids is 2. The molecule has 0 aromatic heterocycles. The number of hydrogen-bond acceptors (Lipinski definition) is 4. The Morgan fingerprint density at radius 3 is 2.57 bits per heavy atom. The number of benzene rings is 1. The Morgan fingerprint density at radius 1 is 1.22 bits per heavy atom. The van der Waals surface area contributed by atoms with Crippen LogP contribution in [0.3, 0.4) is 0 Å². The van der Waals surface area contributed by atoms with Crippen molar-refractivity contribution in [2.75, 3.05) is 0 Å². The molecule has 23 heavy (non-hydrogen) atoms. The second-order valence-electron chi connectivity index (χ2n) is 6.53. The lowest BCUT2D eigenvalue weighted by molar-refractivity contribution is -0.385. The van der Waals surface area contributed by atoms with Crippen molar-refractivity contribution in [2.45, 2.75) is 51.5 Å². The molecule has 6 nitrogen and oxygen atoms in total. The Morgan fingerprint density at radius 2 is 1.91 bits per heavy atom. The van der Waals surface area contributed by atoms with Crippen LogP contribution < -0.4 is 0 Å². The molecular weight excluding hydrogens is 296 g/mol. The summed E-state index contributed by atoms with van der Waals surface area (Å²) in [6.45, 7) is 1.86. The normalized spacial score (nSPS) is 19.8. The molecule has 1 fully saturated rings. The molecule has 0 N–H and O–H groups in total. The number of nitrogens with zero attached hydrogens (tertiary/aromatic N) is 2. The van der Waals surface area contributed by atoms with Crippen molar-refractivity contribution in [3.63, 3.8) is 0 Å². The van der Waals surface area contributed by atoms with E-state index in [0.29, 0.717) is 5.92 Å². The van der Waals surface area contributed by atoms with Gasteiger partial charge >= 0.3 is 0 Å². The number of amides is 2. The fourth-order valence-corrected chi connectivity index (χ4v) is 3.85. The van der Waals surface area contributed by atoms with Crippen molar-refractivity contribution >= 4 is 17.5 Å². The van der Waals surface area contributed by atoms with Gasteiger partial charge in [0.15, 0.2) is 0 Å². The number of fused-ring (bicyclic) bond motifs is 1. The maximum atomic E-state index is 12.6. The van der Waals surface area contributed by atoms with Gasteiger partial charge in [-0.15, -0.1) is 0 Å². The average Bonchev–Trinajstić information content (AvgIpc) is 2.80. The van der Waals surface area contributed by atoms with Gasteiger partial charge < -0.3 is 0 Å². The summed E-state index contributed by atoms with van der Waals surface area (Å²) < 4.78 is 0. The van der Waals surface area contributed by atoms with Crippen LogP contribution in [0.1, 0.15) is 66.2 Å². The van der Waals surface area contributed by atoms with Crippen LogP contribution in [0.25, 0.3) is 0 Å². The number of nitro groups is 1. The van der Waals surface area contributed by atoms with Crippen LogP contribution in [0, 0.1) is 16.0 Å². The summed E-state index contributed by atoms with van der Waals surface area (Å²) in [5.74, 6) is -0.407. The van der Waals surface area contributed by atoms with E-state index < -0.39 is 16.7 Å². The van der Waals surface area contributed by atoms with Crippen molar-refractivity contribution in [1.82, 2.24) is 4.90 Å². The van der Waals surface area contributed by atoms with Gasteiger partial charge in [-0.3, -0.25) is 24.6 Å². The number of nitro benzene ring substituents is 1. The third-order valence-corrected chi connectivity index (χ3v) is 4.96. The fraction of sp³-hybridized carbons (Fsp3) is 0.529. The first-order chi connectivity index (χ1) is 11.0. The van der Waals surface area contributed by atoms with Crippen molar-refractivity contribution < 1.29 is 14.5 Å². The molecule has 0 spiro atoms. The van der Waals surface area contributed by atoms with Crippen LogP contribution in [0.5, 0.6) is 0 Å². The highest BCUT2D eigenvalue weighted by molar-refractivity contribution is 6.23. The maximum absolute atomic E-state index is 12.6. The van der Waals surface area contributed by atoms with Gasteiger partial charge in [-0.05, 0) is 25.3 Å².